The Balaban J connectivity index is 2.43. The van der Waals surface area contributed by atoms with Crippen LogP contribution in [0.3, 0.4) is 0 Å². The molecule has 0 heterocycles. The summed E-state index contributed by atoms with van der Waals surface area (Å²) >= 11 is 1.69. The van der Waals surface area contributed by atoms with Gasteiger partial charge in [-0.2, -0.15) is 11.8 Å². The zero-order valence-electron chi connectivity index (χ0n) is 10.4. The van der Waals surface area contributed by atoms with Crippen molar-refractivity contribution < 1.29 is 9.84 Å². The highest BCUT2D eigenvalue weighted by Crippen LogP contribution is 2.22. The van der Waals surface area contributed by atoms with E-state index >= 15 is 0 Å². The number of nitrogens with two attached hydrogens (primary N) is 1. The molecule has 0 aromatic heterocycles. The molecule has 0 amide bonds. The van der Waals surface area contributed by atoms with Gasteiger partial charge in [-0.3, -0.25) is 0 Å². The number of aliphatic hydroxyl groups is 1. The number of aliphatic hydroxyl groups excluding tert-OH is 1. The lowest BCUT2D eigenvalue weighted by molar-refractivity contribution is 0.203. The van der Waals surface area contributed by atoms with E-state index in [9.17, 15) is 5.11 Å². The molecule has 3 N–H and O–H groups in total. The van der Waals surface area contributed by atoms with Gasteiger partial charge < -0.3 is 15.6 Å². The summed E-state index contributed by atoms with van der Waals surface area (Å²) in [5, 5.41) is 10.0. The van der Waals surface area contributed by atoms with Crippen molar-refractivity contribution in [3.8, 4) is 5.75 Å². The molecule has 0 aliphatic rings. The summed E-state index contributed by atoms with van der Waals surface area (Å²) in [4.78, 5) is 0. The SMILES string of the molecule is CCC(N)CSCC(O)c1cccc(OC)c1. The van der Waals surface area contributed by atoms with Gasteiger partial charge in [0, 0.05) is 17.5 Å². The van der Waals surface area contributed by atoms with E-state index in [2.05, 4.69) is 6.92 Å². The van der Waals surface area contributed by atoms with E-state index in [1.54, 1.807) is 18.9 Å². The molecule has 0 saturated carbocycles. The number of thioether (sulfide) groups is 1. The highest BCUT2D eigenvalue weighted by atomic mass is 32.2. The lowest BCUT2D eigenvalue weighted by Gasteiger charge is -2.13. The molecule has 0 aliphatic carbocycles. The third-order valence-corrected chi connectivity index (χ3v) is 3.83. The van der Waals surface area contributed by atoms with Crippen molar-refractivity contribution in [2.45, 2.75) is 25.5 Å². The molecule has 17 heavy (non-hydrogen) atoms. The second kappa shape index (κ2) is 7.58. The molecular formula is C13H21NO2S. The number of hydrogen-bond acceptors (Lipinski definition) is 4. The second-order valence-corrected chi connectivity index (χ2v) is 5.07. The highest BCUT2D eigenvalue weighted by Gasteiger charge is 2.09. The normalized spacial score (nSPS) is 14.4. The first-order valence-corrected chi connectivity index (χ1v) is 6.98. The van der Waals surface area contributed by atoms with Gasteiger partial charge in [0.15, 0.2) is 0 Å². The average molecular weight is 255 g/mol. The molecule has 0 radical (unpaired) electrons. The molecular weight excluding hydrogens is 234 g/mol. The molecule has 0 fully saturated rings. The van der Waals surface area contributed by atoms with Crippen LogP contribution in [0.25, 0.3) is 0 Å². The Kier molecular flexibility index (Phi) is 6.40. The molecule has 0 bridgehead atoms. The quantitative estimate of drug-likeness (QED) is 0.784. The minimum absolute atomic E-state index is 0.220. The van der Waals surface area contributed by atoms with E-state index < -0.39 is 6.10 Å². The lowest BCUT2D eigenvalue weighted by Crippen LogP contribution is -2.21. The largest absolute Gasteiger partial charge is 0.497 e. The maximum atomic E-state index is 10.0. The minimum atomic E-state index is -0.459. The summed E-state index contributed by atoms with van der Waals surface area (Å²) in [6.07, 6.45) is 0.515. The average Bonchev–Trinajstić information content (AvgIpc) is 2.38. The Hall–Kier alpha value is -0.710. The molecule has 0 saturated heterocycles. The minimum Gasteiger partial charge on any atom is -0.497 e. The topological polar surface area (TPSA) is 55.5 Å². The van der Waals surface area contributed by atoms with Crippen molar-refractivity contribution in [1.29, 1.82) is 0 Å². The van der Waals surface area contributed by atoms with Crippen LogP contribution in [0.1, 0.15) is 25.0 Å². The van der Waals surface area contributed by atoms with Gasteiger partial charge in [0.2, 0.25) is 0 Å². The van der Waals surface area contributed by atoms with Crippen LogP contribution in [0.5, 0.6) is 5.75 Å². The molecule has 96 valence electrons. The first-order chi connectivity index (χ1) is 8.17. The fourth-order valence-electron chi connectivity index (χ4n) is 1.39. The number of ether oxygens (including phenoxy) is 1. The second-order valence-electron chi connectivity index (χ2n) is 4.00. The first-order valence-electron chi connectivity index (χ1n) is 5.82. The number of methoxy groups -OCH3 is 1. The van der Waals surface area contributed by atoms with E-state index in [4.69, 9.17) is 10.5 Å². The summed E-state index contributed by atoms with van der Waals surface area (Å²) in [7, 11) is 1.63. The molecule has 0 spiro atoms. The van der Waals surface area contributed by atoms with Crippen molar-refractivity contribution in [3.05, 3.63) is 29.8 Å². The van der Waals surface area contributed by atoms with Crippen molar-refractivity contribution >= 4 is 11.8 Å². The Morgan fingerprint density at radius 1 is 1.41 bits per heavy atom. The highest BCUT2D eigenvalue weighted by molar-refractivity contribution is 7.99. The zero-order valence-corrected chi connectivity index (χ0v) is 11.2. The van der Waals surface area contributed by atoms with Gasteiger partial charge in [0.25, 0.3) is 0 Å². The third-order valence-electron chi connectivity index (χ3n) is 2.61. The van der Waals surface area contributed by atoms with Crippen LogP contribution >= 0.6 is 11.8 Å². The van der Waals surface area contributed by atoms with Crippen LogP contribution < -0.4 is 10.5 Å². The van der Waals surface area contributed by atoms with Gasteiger partial charge in [-0.1, -0.05) is 19.1 Å². The molecule has 1 aromatic rings. The van der Waals surface area contributed by atoms with Gasteiger partial charge in [-0.25, -0.2) is 0 Å². The Morgan fingerprint density at radius 3 is 2.82 bits per heavy atom. The van der Waals surface area contributed by atoms with E-state index in [1.165, 1.54) is 0 Å². The van der Waals surface area contributed by atoms with Crippen LogP contribution in [0.15, 0.2) is 24.3 Å². The lowest BCUT2D eigenvalue weighted by atomic mass is 10.1. The standard InChI is InChI=1S/C13H21NO2S/c1-3-11(14)8-17-9-13(15)10-5-4-6-12(7-10)16-2/h4-7,11,13,15H,3,8-9,14H2,1-2H3. The van der Waals surface area contributed by atoms with E-state index in [1.807, 2.05) is 24.3 Å². The summed E-state index contributed by atoms with van der Waals surface area (Å²) in [6, 6.07) is 7.76. The van der Waals surface area contributed by atoms with Crippen molar-refractivity contribution in [3.63, 3.8) is 0 Å². The van der Waals surface area contributed by atoms with E-state index in [0.29, 0.717) is 5.75 Å². The summed E-state index contributed by atoms with van der Waals surface area (Å²) < 4.78 is 5.13. The van der Waals surface area contributed by atoms with Crippen LogP contribution in [0, 0.1) is 0 Å². The zero-order chi connectivity index (χ0) is 12.7. The molecule has 0 aliphatic heterocycles. The summed E-state index contributed by atoms with van der Waals surface area (Å²) in [5.74, 6) is 2.33. The smallest absolute Gasteiger partial charge is 0.119 e. The number of benzene rings is 1. The molecule has 1 rings (SSSR count). The van der Waals surface area contributed by atoms with Gasteiger partial charge in [-0.05, 0) is 24.1 Å². The number of rotatable bonds is 7. The summed E-state index contributed by atoms with van der Waals surface area (Å²) in [5.41, 5.74) is 6.71. The number of hydrogen-bond donors (Lipinski definition) is 2. The van der Waals surface area contributed by atoms with Gasteiger partial charge in [-0.15, -0.1) is 0 Å². The monoisotopic (exact) mass is 255 g/mol. The Bertz CT molecular complexity index is 333. The fraction of sp³-hybridized carbons (Fsp3) is 0.538. The predicted molar refractivity (Wildman–Crippen MR) is 73.5 cm³/mol. The van der Waals surface area contributed by atoms with Crippen molar-refractivity contribution in [2.75, 3.05) is 18.6 Å². The van der Waals surface area contributed by atoms with Gasteiger partial charge in [0.05, 0.1) is 13.2 Å². The predicted octanol–water partition coefficient (Wildman–Crippen LogP) is 2.20. The Labute approximate surface area is 107 Å². The first kappa shape index (κ1) is 14.4. The Morgan fingerprint density at radius 2 is 2.18 bits per heavy atom. The summed E-state index contributed by atoms with van der Waals surface area (Å²) in [6.45, 7) is 2.07. The van der Waals surface area contributed by atoms with Crippen LogP contribution in [0.2, 0.25) is 0 Å². The van der Waals surface area contributed by atoms with Crippen LogP contribution in [0.4, 0.5) is 0 Å². The van der Waals surface area contributed by atoms with Gasteiger partial charge >= 0.3 is 0 Å². The van der Waals surface area contributed by atoms with Crippen LogP contribution in [-0.4, -0.2) is 29.8 Å². The van der Waals surface area contributed by atoms with Gasteiger partial charge in [0.1, 0.15) is 5.75 Å². The fourth-order valence-corrected chi connectivity index (χ4v) is 2.48. The molecule has 2 unspecified atom stereocenters. The maximum Gasteiger partial charge on any atom is 0.119 e. The molecule has 4 heteroatoms. The van der Waals surface area contributed by atoms with Crippen molar-refractivity contribution in [2.24, 2.45) is 5.73 Å². The van der Waals surface area contributed by atoms with Crippen molar-refractivity contribution in [1.82, 2.24) is 0 Å². The maximum absolute atomic E-state index is 10.0. The van der Waals surface area contributed by atoms with E-state index in [-0.39, 0.29) is 6.04 Å². The molecule has 2 atom stereocenters. The third kappa shape index (κ3) is 4.98. The van der Waals surface area contributed by atoms with Crippen LogP contribution in [-0.2, 0) is 0 Å². The molecule has 1 aromatic carbocycles. The molecule has 3 nitrogen and oxygen atoms in total. The van der Waals surface area contributed by atoms with E-state index in [0.717, 1.165) is 23.5 Å².